The van der Waals surface area contributed by atoms with Crippen molar-refractivity contribution in [1.82, 2.24) is 4.90 Å². The fourth-order valence-corrected chi connectivity index (χ4v) is 2.07. The minimum atomic E-state index is -1.35. The maximum absolute atomic E-state index is 11.8. The van der Waals surface area contributed by atoms with Gasteiger partial charge in [0, 0.05) is 0 Å². The number of ether oxygens (including phenoxy) is 2. The van der Waals surface area contributed by atoms with Crippen LogP contribution in [-0.4, -0.2) is 40.6 Å². The number of amides is 1. The molecule has 5 nitrogen and oxygen atoms in total. The third kappa shape index (κ3) is 2.58. The zero-order valence-corrected chi connectivity index (χ0v) is 12.3. The number of rotatable bonds is 4. The average molecular weight is 279 g/mol. The summed E-state index contributed by atoms with van der Waals surface area (Å²) in [4.78, 5) is 13.1. The lowest BCUT2D eigenvalue weighted by molar-refractivity contribution is -0.128. The molecule has 0 saturated carbocycles. The Kier molecular flexibility index (Phi) is 3.65. The van der Waals surface area contributed by atoms with Crippen molar-refractivity contribution in [3.8, 4) is 5.75 Å². The van der Waals surface area contributed by atoms with Gasteiger partial charge in [-0.1, -0.05) is 17.7 Å². The lowest BCUT2D eigenvalue weighted by Gasteiger charge is -2.34. The molecule has 1 saturated heterocycles. The van der Waals surface area contributed by atoms with Crippen molar-refractivity contribution in [2.75, 3.05) is 13.2 Å². The van der Waals surface area contributed by atoms with Crippen molar-refractivity contribution < 1.29 is 19.4 Å². The number of cyclic esters (lactones) is 1. The first-order valence-electron chi connectivity index (χ1n) is 6.66. The van der Waals surface area contributed by atoms with E-state index < -0.39 is 17.4 Å². The predicted octanol–water partition coefficient (Wildman–Crippen LogP) is 2.31. The number of aryl methyl sites for hydroxylation is 1. The minimum absolute atomic E-state index is 0.267. The molecule has 0 aliphatic carbocycles. The van der Waals surface area contributed by atoms with Crippen LogP contribution in [0.2, 0.25) is 0 Å². The number of hydrogen-bond acceptors (Lipinski definition) is 4. The summed E-state index contributed by atoms with van der Waals surface area (Å²) in [6.45, 7) is 7.51. The molecule has 0 spiro atoms. The van der Waals surface area contributed by atoms with Gasteiger partial charge in [0.2, 0.25) is 0 Å². The molecule has 0 aromatic heterocycles. The molecule has 2 rings (SSSR count). The maximum atomic E-state index is 11.8. The van der Waals surface area contributed by atoms with Crippen LogP contribution in [0.1, 0.15) is 26.3 Å². The number of benzene rings is 1. The Morgan fingerprint density at radius 2 is 1.85 bits per heavy atom. The fourth-order valence-electron chi connectivity index (χ4n) is 2.07. The van der Waals surface area contributed by atoms with Gasteiger partial charge >= 0.3 is 6.09 Å². The Bertz CT molecular complexity index is 493. The molecule has 0 bridgehead atoms. The average Bonchev–Trinajstić information content (AvgIpc) is 2.49. The van der Waals surface area contributed by atoms with Crippen molar-refractivity contribution in [3.63, 3.8) is 0 Å². The van der Waals surface area contributed by atoms with Crippen molar-refractivity contribution in [1.29, 1.82) is 0 Å². The van der Waals surface area contributed by atoms with E-state index >= 15 is 0 Å². The molecule has 1 amide bonds. The summed E-state index contributed by atoms with van der Waals surface area (Å²) in [5.41, 5.74) is -1.13. The summed E-state index contributed by atoms with van der Waals surface area (Å²) >= 11 is 0. The second kappa shape index (κ2) is 4.98. The first-order valence-corrected chi connectivity index (χ1v) is 6.66. The second-order valence-corrected chi connectivity index (χ2v) is 5.71. The number of carbonyl (C=O) groups is 1. The van der Waals surface area contributed by atoms with Crippen molar-refractivity contribution in [2.45, 2.75) is 39.0 Å². The fraction of sp³-hybridized carbons (Fsp3) is 0.533. The summed E-state index contributed by atoms with van der Waals surface area (Å²) in [7, 11) is 0. The maximum Gasteiger partial charge on any atom is 0.413 e. The molecule has 110 valence electrons. The Morgan fingerprint density at radius 1 is 1.25 bits per heavy atom. The van der Waals surface area contributed by atoms with E-state index in [1.807, 2.05) is 31.2 Å². The highest BCUT2D eigenvalue weighted by Crippen LogP contribution is 2.36. The van der Waals surface area contributed by atoms with Crippen molar-refractivity contribution in [3.05, 3.63) is 29.8 Å². The number of nitrogens with zero attached hydrogens (tertiary/aromatic N) is 1. The summed E-state index contributed by atoms with van der Waals surface area (Å²) in [6.07, 6.45) is -0.521. The van der Waals surface area contributed by atoms with Gasteiger partial charge in [0.15, 0.2) is 11.3 Å². The normalized spacial score (nSPS) is 24.6. The molecule has 1 aromatic carbocycles. The van der Waals surface area contributed by atoms with E-state index in [9.17, 15) is 9.90 Å². The van der Waals surface area contributed by atoms with E-state index in [0.717, 1.165) is 11.3 Å². The van der Waals surface area contributed by atoms with Gasteiger partial charge < -0.3 is 14.6 Å². The van der Waals surface area contributed by atoms with Gasteiger partial charge in [-0.15, -0.1) is 0 Å². The molecule has 1 heterocycles. The summed E-state index contributed by atoms with van der Waals surface area (Å²) in [5, 5.41) is 10.4. The molecule has 1 aliphatic heterocycles. The molecule has 20 heavy (non-hydrogen) atoms. The van der Waals surface area contributed by atoms with Crippen molar-refractivity contribution >= 4 is 6.09 Å². The molecule has 1 fully saturated rings. The highest BCUT2D eigenvalue weighted by Gasteiger charge is 2.56. The standard InChI is InChI=1S/C15H21NO4/c1-11-5-7-12(8-6-11)19-10-9-16-13(17)20-14(2,3)15(16,4)18/h5-8,18H,9-10H2,1-4H3/t15-/m0/s1. The molecule has 0 unspecified atom stereocenters. The first-order chi connectivity index (χ1) is 9.24. The van der Waals surface area contributed by atoms with Crippen LogP contribution in [0.25, 0.3) is 0 Å². The molecule has 0 radical (unpaired) electrons. The van der Waals surface area contributed by atoms with Crippen molar-refractivity contribution in [2.24, 2.45) is 0 Å². The van der Waals surface area contributed by atoms with E-state index in [4.69, 9.17) is 9.47 Å². The first kappa shape index (κ1) is 14.7. The van der Waals surface area contributed by atoms with E-state index in [2.05, 4.69) is 0 Å². The summed E-state index contributed by atoms with van der Waals surface area (Å²) in [5.74, 6) is 0.738. The lowest BCUT2D eigenvalue weighted by Crippen LogP contribution is -2.54. The zero-order chi connectivity index (χ0) is 15.0. The van der Waals surface area contributed by atoms with Crippen LogP contribution in [0.15, 0.2) is 24.3 Å². The predicted molar refractivity (Wildman–Crippen MR) is 74.6 cm³/mol. The molecular formula is C15H21NO4. The number of aliphatic hydroxyl groups is 1. The quantitative estimate of drug-likeness (QED) is 0.919. The third-order valence-corrected chi connectivity index (χ3v) is 3.83. The van der Waals surface area contributed by atoms with Gasteiger partial charge in [0.1, 0.15) is 12.4 Å². The van der Waals surface area contributed by atoms with Gasteiger partial charge in [0.25, 0.3) is 0 Å². The number of carbonyl (C=O) groups excluding carboxylic acids is 1. The van der Waals surface area contributed by atoms with Gasteiger partial charge in [-0.3, -0.25) is 4.90 Å². The summed E-state index contributed by atoms with van der Waals surface area (Å²) in [6, 6.07) is 7.66. The lowest BCUT2D eigenvalue weighted by atomic mass is 9.96. The third-order valence-electron chi connectivity index (χ3n) is 3.83. The van der Waals surface area contributed by atoms with Crippen LogP contribution < -0.4 is 4.74 Å². The largest absolute Gasteiger partial charge is 0.492 e. The Hall–Kier alpha value is -1.75. The Labute approximate surface area is 119 Å². The van der Waals surface area contributed by atoms with E-state index in [1.54, 1.807) is 20.8 Å². The van der Waals surface area contributed by atoms with Crippen LogP contribution in [0.5, 0.6) is 5.75 Å². The highest BCUT2D eigenvalue weighted by atomic mass is 16.6. The van der Waals surface area contributed by atoms with Gasteiger partial charge in [-0.05, 0) is 39.8 Å². The smallest absolute Gasteiger partial charge is 0.413 e. The molecule has 1 aromatic rings. The molecular weight excluding hydrogens is 258 g/mol. The highest BCUT2D eigenvalue weighted by molar-refractivity contribution is 5.72. The van der Waals surface area contributed by atoms with Crippen LogP contribution in [-0.2, 0) is 4.74 Å². The van der Waals surface area contributed by atoms with E-state index in [-0.39, 0.29) is 6.54 Å². The summed E-state index contributed by atoms with van der Waals surface area (Å²) < 4.78 is 10.7. The molecule has 1 aliphatic rings. The van der Waals surface area contributed by atoms with Crippen LogP contribution in [0.3, 0.4) is 0 Å². The van der Waals surface area contributed by atoms with Crippen LogP contribution >= 0.6 is 0 Å². The molecule has 1 N–H and O–H groups in total. The van der Waals surface area contributed by atoms with Crippen LogP contribution in [0, 0.1) is 6.92 Å². The SMILES string of the molecule is Cc1ccc(OCCN2C(=O)OC(C)(C)[C@]2(C)O)cc1. The van der Waals surface area contributed by atoms with Gasteiger partial charge in [-0.2, -0.15) is 0 Å². The Balaban J connectivity index is 1.94. The number of hydrogen-bond donors (Lipinski definition) is 1. The van der Waals surface area contributed by atoms with Gasteiger partial charge in [-0.25, -0.2) is 4.79 Å². The topological polar surface area (TPSA) is 59.0 Å². The minimum Gasteiger partial charge on any atom is -0.492 e. The second-order valence-electron chi connectivity index (χ2n) is 5.71. The molecule has 5 heteroatoms. The zero-order valence-electron chi connectivity index (χ0n) is 12.3. The van der Waals surface area contributed by atoms with E-state index in [0.29, 0.717) is 6.61 Å². The van der Waals surface area contributed by atoms with Crippen LogP contribution in [0.4, 0.5) is 4.79 Å². The monoisotopic (exact) mass is 279 g/mol. The van der Waals surface area contributed by atoms with E-state index in [1.165, 1.54) is 4.90 Å². The van der Waals surface area contributed by atoms with Gasteiger partial charge in [0.05, 0.1) is 6.54 Å². The molecule has 1 atom stereocenters. The Morgan fingerprint density at radius 3 is 2.35 bits per heavy atom.